The fourth-order valence-electron chi connectivity index (χ4n) is 4.15. The molecule has 4 nitrogen and oxygen atoms in total. The minimum atomic E-state index is 0. The summed E-state index contributed by atoms with van der Waals surface area (Å²) in [5.74, 6) is 1.39. The molecule has 136 valence electrons. The van der Waals surface area contributed by atoms with Gasteiger partial charge in [0.05, 0.1) is 0 Å². The van der Waals surface area contributed by atoms with Crippen molar-refractivity contribution >= 4 is 18.3 Å². The summed E-state index contributed by atoms with van der Waals surface area (Å²) in [5.41, 5.74) is 0.184. The number of rotatable bonds is 6. The molecule has 0 aromatic carbocycles. The van der Waals surface area contributed by atoms with Gasteiger partial charge < -0.3 is 15.5 Å². The van der Waals surface area contributed by atoms with Crippen LogP contribution in [-0.2, 0) is 4.79 Å². The summed E-state index contributed by atoms with van der Waals surface area (Å²) in [5, 5.41) is 6.70. The maximum Gasteiger partial charge on any atom is 0.220 e. The third kappa shape index (κ3) is 5.91. The van der Waals surface area contributed by atoms with Gasteiger partial charge in [-0.15, -0.1) is 12.4 Å². The highest BCUT2D eigenvalue weighted by Gasteiger charge is 2.34. The average molecular weight is 346 g/mol. The van der Waals surface area contributed by atoms with Crippen LogP contribution in [0.4, 0.5) is 0 Å². The van der Waals surface area contributed by atoms with Crippen molar-refractivity contribution in [1.29, 1.82) is 0 Å². The first-order chi connectivity index (χ1) is 10.5. The number of hydrogen-bond donors (Lipinski definition) is 2. The highest BCUT2D eigenvalue weighted by Crippen LogP contribution is 2.31. The van der Waals surface area contributed by atoms with Gasteiger partial charge >= 0.3 is 0 Å². The van der Waals surface area contributed by atoms with Crippen LogP contribution in [0.15, 0.2) is 0 Å². The molecule has 2 rings (SSSR count). The Morgan fingerprint density at radius 1 is 1.26 bits per heavy atom. The predicted molar refractivity (Wildman–Crippen MR) is 99.1 cm³/mol. The van der Waals surface area contributed by atoms with E-state index in [1.165, 1.54) is 44.9 Å². The van der Waals surface area contributed by atoms with Crippen LogP contribution in [0.25, 0.3) is 0 Å². The molecule has 23 heavy (non-hydrogen) atoms. The number of hydrogen-bond acceptors (Lipinski definition) is 3. The summed E-state index contributed by atoms with van der Waals surface area (Å²) in [6.07, 6.45) is 9.54. The topological polar surface area (TPSA) is 44.4 Å². The zero-order valence-electron chi connectivity index (χ0n) is 15.2. The minimum absolute atomic E-state index is 0. The van der Waals surface area contributed by atoms with Crippen molar-refractivity contribution in [2.24, 2.45) is 11.8 Å². The van der Waals surface area contributed by atoms with Crippen LogP contribution < -0.4 is 10.6 Å². The molecule has 0 aromatic heterocycles. The Labute approximate surface area is 148 Å². The van der Waals surface area contributed by atoms with E-state index in [2.05, 4.69) is 36.6 Å². The van der Waals surface area contributed by atoms with Crippen molar-refractivity contribution in [2.45, 2.75) is 63.8 Å². The van der Waals surface area contributed by atoms with Crippen LogP contribution in [0.5, 0.6) is 0 Å². The van der Waals surface area contributed by atoms with E-state index < -0.39 is 0 Å². The van der Waals surface area contributed by atoms with Crippen LogP contribution in [-0.4, -0.2) is 50.1 Å². The number of likely N-dealkylation sites (N-methyl/N-ethyl adjacent to an activating group) is 1. The molecule has 2 unspecified atom stereocenters. The molecule has 1 amide bonds. The lowest BCUT2D eigenvalue weighted by Gasteiger charge is -2.43. The molecular formula is C18H36ClN3O. The van der Waals surface area contributed by atoms with Gasteiger partial charge in [-0.25, -0.2) is 0 Å². The molecule has 1 heterocycles. The third-order valence-corrected chi connectivity index (χ3v) is 5.99. The third-order valence-electron chi connectivity index (χ3n) is 5.99. The molecule has 1 saturated heterocycles. The number of halogens is 1. The lowest BCUT2D eigenvalue weighted by molar-refractivity contribution is -0.123. The van der Waals surface area contributed by atoms with Gasteiger partial charge in [0.1, 0.15) is 0 Å². The normalized spacial score (nSPS) is 25.5. The van der Waals surface area contributed by atoms with E-state index in [9.17, 15) is 4.79 Å². The number of carbonyl (C=O) groups is 1. The first kappa shape index (κ1) is 20.7. The monoisotopic (exact) mass is 345 g/mol. The lowest BCUT2D eigenvalue weighted by atomic mass is 9.80. The maximum absolute atomic E-state index is 12.4. The van der Waals surface area contributed by atoms with Gasteiger partial charge in [0, 0.05) is 18.5 Å². The first-order valence-electron chi connectivity index (χ1n) is 9.18. The van der Waals surface area contributed by atoms with Crippen molar-refractivity contribution in [1.82, 2.24) is 15.5 Å². The van der Waals surface area contributed by atoms with Gasteiger partial charge in [0.2, 0.25) is 5.91 Å². The molecule has 1 aliphatic carbocycles. The van der Waals surface area contributed by atoms with Crippen LogP contribution in [0.3, 0.4) is 0 Å². The zero-order valence-corrected chi connectivity index (χ0v) is 16.0. The van der Waals surface area contributed by atoms with Crippen LogP contribution in [0.1, 0.15) is 58.3 Å². The summed E-state index contributed by atoms with van der Waals surface area (Å²) in [6, 6.07) is 0. The van der Waals surface area contributed by atoms with Crippen molar-refractivity contribution in [2.75, 3.05) is 33.7 Å². The zero-order chi connectivity index (χ0) is 16.0. The second-order valence-corrected chi connectivity index (χ2v) is 7.74. The Bertz CT molecular complexity index is 350. The Morgan fingerprint density at radius 2 is 1.96 bits per heavy atom. The molecule has 5 heteroatoms. The summed E-state index contributed by atoms with van der Waals surface area (Å²) in [7, 11) is 4.32. The van der Waals surface area contributed by atoms with Crippen molar-refractivity contribution in [3.8, 4) is 0 Å². The van der Waals surface area contributed by atoms with Gasteiger partial charge in [0.25, 0.3) is 0 Å². The smallest absolute Gasteiger partial charge is 0.220 e. The Balaban J connectivity index is 0.00000264. The minimum Gasteiger partial charge on any atom is -0.354 e. The average Bonchev–Trinajstić information content (AvgIpc) is 2.54. The van der Waals surface area contributed by atoms with Crippen LogP contribution in [0, 0.1) is 11.8 Å². The second-order valence-electron chi connectivity index (χ2n) is 7.74. The van der Waals surface area contributed by atoms with E-state index in [0.29, 0.717) is 18.3 Å². The Morgan fingerprint density at radius 3 is 2.52 bits per heavy atom. The number of nitrogens with one attached hydrogen (secondary N) is 2. The van der Waals surface area contributed by atoms with Gasteiger partial charge in [-0.05, 0) is 64.7 Å². The summed E-state index contributed by atoms with van der Waals surface area (Å²) < 4.78 is 0. The predicted octanol–water partition coefficient (Wildman–Crippen LogP) is 2.81. The van der Waals surface area contributed by atoms with E-state index >= 15 is 0 Å². The fourth-order valence-corrected chi connectivity index (χ4v) is 4.15. The number of nitrogens with zero attached hydrogens (tertiary/aromatic N) is 1. The highest BCUT2D eigenvalue weighted by atomic mass is 35.5. The Hall–Kier alpha value is -0.320. The van der Waals surface area contributed by atoms with Crippen LogP contribution >= 0.6 is 12.4 Å². The first-order valence-corrected chi connectivity index (χ1v) is 9.18. The van der Waals surface area contributed by atoms with Gasteiger partial charge in [0.15, 0.2) is 0 Å². The van der Waals surface area contributed by atoms with Crippen molar-refractivity contribution < 1.29 is 4.79 Å². The molecule has 2 fully saturated rings. The largest absolute Gasteiger partial charge is 0.354 e. The van der Waals surface area contributed by atoms with E-state index in [1.807, 2.05) is 0 Å². The molecule has 0 bridgehead atoms. The SMILES string of the molecule is CC(CC(=O)NCC1(N(C)C)CCCCC1)C1CCCNC1.Cl. The molecule has 0 aromatic rings. The van der Waals surface area contributed by atoms with E-state index in [-0.39, 0.29) is 23.9 Å². The molecule has 0 spiro atoms. The van der Waals surface area contributed by atoms with E-state index in [1.54, 1.807) is 0 Å². The molecule has 2 aliphatic rings. The molecule has 0 radical (unpaired) electrons. The number of carbonyl (C=O) groups excluding carboxylic acids is 1. The quantitative estimate of drug-likeness (QED) is 0.778. The van der Waals surface area contributed by atoms with Crippen molar-refractivity contribution in [3.63, 3.8) is 0 Å². The molecule has 1 aliphatic heterocycles. The van der Waals surface area contributed by atoms with Crippen LogP contribution in [0.2, 0.25) is 0 Å². The summed E-state index contributed by atoms with van der Waals surface area (Å²) in [4.78, 5) is 14.7. The summed E-state index contributed by atoms with van der Waals surface area (Å²) >= 11 is 0. The fraction of sp³-hybridized carbons (Fsp3) is 0.944. The second kappa shape index (κ2) is 9.85. The molecule has 1 saturated carbocycles. The van der Waals surface area contributed by atoms with Gasteiger partial charge in [-0.2, -0.15) is 0 Å². The van der Waals surface area contributed by atoms with E-state index in [4.69, 9.17) is 0 Å². The van der Waals surface area contributed by atoms with Gasteiger partial charge in [-0.1, -0.05) is 26.2 Å². The van der Waals surface area contributed by atoms with Gasteiger partial charge in [-0.3, -0.25) is 4.79 Å². The molecule has 2 N–H and O–H groups in total. The molecular weight excluding hydrogens is 310 g/mol. The van der Waals surface area contributed by atoms with Crippen molar-refractivity contribution in [3.05, 3.63) is 0 Å². The Kier molecular flexibility index (Phi) is 8.88. The number of piperidine rings is 1. The molecule has 2 atom stereocenters. The highest BCUT2D eigenvalue weighted by molar-refractivity contribution is 5.85. The lowest BCUT2D eigenvalue weighted by Crippen LogP contribution is -2.54. The number of amides is 1. The van der Waals surface area contributed by atoms with E-state index in [0.717, 1.165) is 19.6 Å². The maximum atomic E-state index is 12.4. The standard InChI is InChI=1S/C18H35N3O.ClH/c1-15(16-8-7-11-19-13-16)12-17(22)20-14-18(21(2)3)9-5-4-6-10-18;/h15-16,19H,4-14H2,1-3H3,(H,20,22);1H. The summed E-state index contributed by atoms with van der Waals surface area (Å²) in [6.45, 7) is 5.27.